The molecule has 2 aromatic heterocycles. The van der Waals surface area contributed by atoms with Gasteiger partial charge in [0.15, 0.2) is 5.58 Å². The van der Waals surface area contributed by atoms with Crippen molar-refractivity contribution in [2.45, 2.75) is 11.0 Å². The Bertz CT molecular complexity index is 704. The van der Waals surface area contributed by atoms with Crippen molar-refractivity contribution in [3.8, 4) is 0 Å². The molecule has 6 heteroatoms. The molecule has 0 aliphatic rings. The highest BCUT2D eigenvalue weighted by molar-refractivity contribution is 7.84. The maximum absolute atomic E-state index is 12.1. The number of fused-ring (bicyclic) bond motifs is 1. The monoisotopic (exact) mass is 278 g/mol. The third-order valence-corrected chi connectivity index (χ3v) is 4.64. The number of hydrogen-bond donors (Lipinski definition) is 1. The number of anilines is 1. The first-order chi connectivity index (χ1) is 8.72. The molecule has 0 saturated carbocycles. The lowest BCUT2D eigenvalue weighted by Crippen LogP contribution is -1.94. The summed E-state index contributed by atoms with van der Waals surface area (Å²) < 4.78 is 17.6. The fraction of sp³-hybridized carbons (Fsp3) is 0.0833. The van der Waals surface area contributed by atoms with Crippen LogP contribution < -0.4 is 5.73 Å². The Morgan fingerprint density at radius 3 is 3.06 bits per heavy atom. The van der Waals surface area contributed by atoms with Crippen LogP contribution in [0, 0.1) is 0 Å². The summed E-state index contributed by atoms with van der Waals surface area (Å²) in [6.45, 7) is 0. The second-order valence-electron chi connectivity index (χ2n) is 3.78. The van der Waals surface area contributed by atoms with E-state index in [-0.39, 0.29) is 5.22 Å². The van der Waals surface area contributed by atoms with Crippen molar-refractivity contribution in [3.05, 3.63) is 40.6 Å². The van der Waals surface area contributed by atoms with E-state index < -0.39 is 10.8 Å². The van der Waals surface area contributed by atoms with Gasteiger partial charge in [-0.25, -0.2) is 9.19 Å². The van der Waals surface area contributed by atoms with E-state index in [0.29, 0.717) is 22.5 Å². The Morgan fingerprint density at radius 1 is 1.39 bits per heavy atom. The first-order valence-electron chi connectivity index (χ1n) is 5.29. The van der Waals surface area contributed by atoms with Gasteiger partial charge in [0.25, 0.3) is 5.22 Å². The molecule has 0 bridgehead atoms. The fourth-order valence-electron chi connectivity index (χ4n) is 1.60. The molecule has 0 radical (unpaired) electrons. The Labute approximate surface area is 110 Å². The number of thiophene rings is 1. The van der Waals surface area contributed by atoms with E-state index in [1.54, 1.807) is 29.5 Å². The molecule has 4 nitrogen and oxygen atoms in total. The molecule has 0 spiro atoms. The van der Waals surface area contributed by atoms with Gasteiger partial charge < -0.3 is 10.2 Å². The lowest BCUT2D eigenvalue weighted by Gasteiger charge is -1.93. The Balaban J connectivity index is 1.92. The zero-order valence-corrected chi connectivity index (χ0v) is 11.0. The van der Waals surface area contributed by atoms with E-state index in [4.69, 9.17) is 10.2 Å². The minimum absolute atomic E-state index is 0.254. The van der Waals surface area contributed by atoms with Crippen molar-refractivity contribution in [2.75, 3.05) is 5.73 Å². The predicted molar refractivity (Wildman–Crippen MR) is 72.9 cm³/mol. The van der Waals surface area contributed by atoms with Crippen LogP contribution in [0.2, 0.25) is 0 Å². The van der Waals surface area contributed by atoms with Gasteiger partial charge in [-0.1, -0.05) is 6.07 Å². The summed E-state index contributed by atoms with van der Waals surface area (Å²) >= 11 is 1.57. The highest BCUT2D eigenvalue weighted by Gasteiger charge is 2.13. The van der Waals surface area contributed by atoms with Crippen molar-refractivity contribution >= 4 is 38.9 Å². The first kappa shape index (κ1) is 11.4. The van der Waals surface area contributed by atoms with Gasteiger partial charge in [0.2, 0.25) is 0 Å². The van der Waals surface area contributed by atoms with Gasteiger partial charge in [0.1, 0.15) is 16.3 Å². The second kappa shape index (κ2) is 4.55. The fourth-order valence-corrected chi connectivity index (χ4v) is 3.55. The van der Waals surface area contributed by atoms with E-state index in [9.17, 15) is 4.21 Å². The number of nitrogens with zero attached hydrogens (tertiary/aromatic N) is 1. The van der Waals surface area contributed by atoms with Crippen LogP contribution in [0.5, 0.6) is 0 Å². The van der Waals surface area contributed by atoms with Gasteiger partial charge in [0.05, 0.1) is 5.75 Å². The van der Waals surface area contributed by atoms with Gasteiger partial charge in [0, 0.05) is 16.6 Å². The molecule has 1 atom stereocenters. The van der Waals surface area contributed by atoms with Crippen LogP contribution in [-0.2, 0) is 16.6 Å². The molecule has 2 N–H and O–H groups in total. The van der Waals surface area contributed by atoms with Crippen molar-refractivity contribution in [3.63, 3.8) is 0 Å². The molecular weight excluding hydrogens is 268 g/mol. The van der Waals surface area contributed by atoms with E-state index in [0.717, 1.165) is 4.88 Å². The quantitative estimate of drug-likeness (QED) is 0.748. The minimum Gasteiger partial charge on any atom is -0.430 e. The normalized spacial score (nSPS) is 12.9. The summed E-state index contributed by atoms with van der Waals surface area (Å²) in [6, 6.07) is 9.08. The standard InChI is InChI=1S/C12H10N2O2S2/c13-8-3-4-10-11(6-8)16-12(14-10)18(15)7-9-2-1-5-17-9/h1-6H,7,13H2. The van der Waals surface area contributed by atoms with Gasteiger partial charge in [-0.05, 0) is 23.6 Å². The number of benzene rings is 1. The molecule has 3 aromatic rings. The van der Waals surface area contributed by atoms with Gasteiger partial charge in [-0.15, -0.1) is 11.3 Å². The molecule has 1 unspecified atom stereocenters. The Kier molecular flexibility index (Phi) is 2.89. The van der Waals surface area contributed by atoms with Gasteiger partial charge in [-0.2, -0.15) is 0 Å². The molecule has 3 rings (SSSR count). The number of nitrogens with two attached hydrogens (primary N) is 1. The third kappa shape index (κ3) is 2.16. The number of hydrogen-bond acceptors (Lipinski definition) is 5. The lowest BCUT2D eigenvalue weighted by atomic mass is 10.3. The molecule has 2 heterocycles. The average molecular weight is 278 g/mol. The zero-order valence-electron chi connectivity index (χ0n) is 9.33. The van der Waals surface area contributed by atoms with Crippen molar-refractivity contribution in [2.24, 2.45) is 0 Å². The first-order valence-corrected chi connectivity index (χ1v) is 7.49. The number of rotatable bonds is 3. The average Bonchev–Trinajstić information content (AvgIpc) is 2.96. The van der Waals surface area contributed by atoms with Gasteiger partial charge in [-0.3, -0.25) is 0 Å². The van der Waals surface area contributed by atoms with E-state index in [1.807, 2.05) is 17.5 Å². The largest absolute Gasteiger partial charge is 0.430 e. The zero-order chi connectivity index (χ0) is 12.5. The number of nitrogen functional groups attached to an aromatic ring is 1. The van der Waals surface area contributed by atoms with E-state index in [2.05, 4.69) is 4.98 Å². The van der Waals surface area contributed by atoms with Crippen molar-refractivity contribution < 1.29 is 8.63 Å². The SMILES string of the molecule is Nc1ccc2nc(S(=O)Cc3cccs3)oc2c1. The Morgan fingerprint density at radius 2 is 2.28 bits per heavy atom. The number of oxazole rings is 1. The molecule has 0 aliphatic heterocycles. The Hall–Kier alpha value is -1.66. The van der Waals surface area contributed by atoms with Crippen LogP contribution in [0.15, 0.2) is 45.4 Å². The summed E-state index contributed by atoms with van der Waals surface area (Å²) in [5.74, 6) is 0.431. The molecular formula is C12H10N2O2S2. The lowest BCUT2D eigenvalue weighted by molar-refractivity contribution is 0.477. The molecule has 1 aromatic carbocycles. The van der Waals surface area contributed by atoms with Crippen LogP contribution in [0.25, 0.3) is 11.1 Å². The summed E-state index contributed by atoms with van der Waals surface area (Å²) in [7, 11) is -1.26. The van der Waals surface area contributed by atoms with Crippen LogP contribution in [0.3, 0.4) is 0 Å². The van der Waals surface area contributed by atoms with E-state index in [1.165, 1.54) is 0 Å². The molecule has 18 heavy (non-hydrogen) atoms. The van der Waals surface area contributed by atoms with E-state index >= 15 is 0 Å². The maximum atomic E-state index is 12.1. The molecule has 0 aliphatic carbocycles. The molecule has 0 fully saturated rings. The summed E-state index contributed by atoms with van der Waals surface area (Å²) in [4.78, 5) is 5.27. The number of aromatic nitrogens is 1. The van der Waals surface area contributed by atoms with Crippen molar-refractivity contribution in [1.82, 2.24) is 4.98 Å². The topological polar surface area (TPSA) is 69.1 Å². The molecule has 92 valence electrons. The summed E-state index contributed by atoms with van der Waals surface area (Å²) in [5, 5.41) is 2.21. The van der Waals surface area contributed by atoms with Crippen LogP contribution in [-0.4, -0.2) is 9.19 Å². The minimum atomic E-state index is -1.26. The summed E-state index contributed by atoms with van der Waals surface area (Å²) in [6.07, 6.45) is 0. The van der Waals surface area contributed by atoms with Crippen LogP contribution in [0.4, 0.5) is 5.69 Å². The van der Waals surface area contributed by atoms with Crippen molar-refractivity contribution in [1.29, 1.82) is 0 Å². The van der Waals surface area contributed by atoms with Crippen LogP contribution >= 0.6 is 11.3 Å². The molecule has 0 amide bonds. The smallest absolute Gasteiger partial charge is 0.288 e. The summed E-state index contributed by atoms with van der Waals surface area (Å²) in [5.41, 5.74) is 7.52. The highest BCUT2D eigenvalue weighted by Crippen LogP contribution is 2.22. The second-order valence-corrected chi connectivity index (χ2v) is 6.14. The molecule has 0 saturated heterocycles. The van der Waals surface area contributed by atoms with Crippen LogP contribution in [0.1, 0.15) is 4.88 Å². The third-order valence-electron chi connectivity index (χ3n) is 2.44. The van der Waals surface area contributed by atoms with Gasteiger partial charge >= 0.3 is 0 Å². The highest BCUT2D eigenvalue weighted by atomic mass is 32.2. The maximum Gasteiger partial charge on any atom is 0.288 e. The predicted octanol–water partition coefficient (Wildman–Crippen LogP) is 2.78.